The van der Waals surface area contributed by atoms with E-state index in [1.165, 1.54) is 24.3 Å². The van der Waals surface area contributed by atoms with Crippen molar-refractivity contribution < 1.29 is 32.9 Å². The van der Waals surface area contributed by atoms with E-state index in [1.54, 1.807) is 30.3 Å². The summed E-state index contributed by atoms with van der Waals surface area (Å²) in [5.74, 6) is -1.65. The third-order valence-corrected chi connectivity index (χ3v) is 7.35. The molecule has 9 nitrogen and oxygen atoms in total. The molecule has 1 heterocycles. The number of carboxylic acid groups (broad SMARTS) is 1. The molecule has 0 amide bonds. The highest BCUT2D eigenvalue weighted by Crippen LogP contribution is 2.31. The Kier molecular flexibility index (Phi) is 9.41. The van der Waals surface area contributed by atoms with Crippen LogP contribution in [0.4, 0.5) is 10.3 Å². The number of hydrogen-bond acceptors (Lipinski definition) is 7. The molecule has 37 heavy (non-hydrogen) atoms. The maximum atomic E-state index is 13.6. The van der Waals surface area contributed by atoms with Gasteiger partial charge in [0.05, 0.1) is 29.2 Å². The summed E-state index contributed by atoms with van der Waals surface area (Å²) >= 11 is 0. The number of sulfone groups is 1. The quantitative estimate of drug-likeness (QED) is 0.261. The van der Waals surface area contributed by atoms with E-state index in [4.69, 9.17) is 5.11 Å². The van der Waals surface area contributed by atoms with E-state index < -0.39 is 46.1 Å². The zero-order valence-corrected chi connectivity index (χ0v) is 21.5. The van der Waals surface area contributed by atoms with Gasteiger partial charge in [0.2, 0.25) is 5.95 Å². The molecule has 0 aliphatic heterocycles. The molecule has 0 bridgehead atoms. The van der Waals surface area contributed by atoms with Gasteiger partial charge in [-0.3, -0.25) is 4.79 Å². The number of halogens is 1. The van der Waals surface area contributed by atoms with Gasteiger partial charge in [0.1, 0.15) is 11.7 Å². The average molecular weight is 534 g/mol. The third kappa shape index (κ3) is 7.61. The SMILES string of the molecule is CC(C)n1c(NCS(=O)(=O)c2ccccc2)nc(-c2ccc(F)cc2)c1CCC(O)CC(O)CC(=O)O. The van der Waals surface area contributed by atoms with Gasteiger partial charge >= 0.3 is 5.97 Å². The summed E-state index contributed by atoms with van der Waals surface area (Å²) in [6.07, 6.45) is -2.22. The van der Waals surface area contributed by atoms with Crippen LogP contribution in [0.2, 0.25) is 0 Å². The average Bonchev–Trinajstić information content (AvgIpc) is 3.21. The van der Waals surface area contributed by atoms with E-state index in [9.17, 15) is 27.8 Å². The van der Waals surface area contributed by atoms with Crippen molar-refractivity contribution in [1.29, 1.82) is 0 Å². The van der Waals surface area contributed by atoms with Crippen LogP contribution in [0.5, 0.6) is 0 Å². The highest BCUT2D eigenvalue weighted by molar-refractivity contribution is 7.91. The second kappa shape index (κ2) is 12.3. The van der Waals surface area contributed by atoms with Gasteiger partial charge in [0.25, 0.3) is 0 Å². The molecule has 2 atom stereocenters. The number of imidazole rings is 1. The van der Waals surface area contributed by atoms with Crippen LogP contribution in [0.3, 0.4) is 0 Å². The minimum atomic E-state index is -3.65. The first kappa shape index (κ1) is 28.3. The standard InChI is InChI=1S/C26H32FN3O6S/c1-17(2)30-23(13-12-20(31)14-21(32)15-24(33)34)25(18-8-10-19(27)11-9-18)29-26(30)28-16-37(35,36)22-6-4-3-5-7-22/h3-11,17,20-21,31-32H,12-16H2,1-2H3,(H,28,29)(H,33,34). The van der Waals surface area contributed by atoms with Crippen molar-refractivity contribution in [3.63, 3.8) is 0 Å². The Morgan fingerprint density at radius 2 is 1.70 bits per heavy atom. The molecule has 200 valence electrons. The van der Waals surface area contributed by atoms with Crippen LogP contribution in [0.1, 0.15) is 44.8 Å². The van der Waals surface area contributed by atoms with E-state index in [1.807, 2.05) is 18.4 Å². The van der Waals surface area contributed by atoms with Crippen molar-refractivity contribution in [3.05, 3.63) is 66.1 Å². The maximum Gasteiger partial charge on any atom is 0.305 e. The first-order chi connectivity index (χ1) is 17.5. The van der Waals surface area contributed by atoms with Crippen LogP contribution in [0.15, 0.2) is 59.5 Å². The number of aliphatic carboxylic acids is 1. The molecule has 3 rings (SSSR count). The van der Waals surface area contributed by atoms with Crippen molar-refractivity contribution in [3.8, 4) is 11.3 Å². The number of carbonyl (C=O) groups is 1. The molecular weight excluding hydrogens is 501 g/mol. The van der Waals surface area contributed by atoms with Crippen LogP contribution < -0.4 is 5.32 Å². The maximum absolute atomic E-state index is 13.6. The Bertz CT molecular complexity index is 1290. The van der Waals surface area contributed by atoms with Crippen molar-refractivity contribution in [2.75, 3.05) is 11.2 Å². The lowest BCUT2D eigenvalue weighted by Gasteiger charge is -2.19. The van der Waals surface area contributed by atoms with E-state index in [2.05, 4.69) is 10.3 Å². The first-order valence-corrected chi connectivity index (χ1v) is 13.6. The molecule has 3 aromatic rings. The van der Waals surface area contributed by atoms with Crippen molar-refractivity contribution in [1.82, 2.24) is 9.55 Å². The molecule has 0 radical (unpaired) electrons. The second-order valence-corrected chi connectivity index (χ2v) is 11.1. The summed E-state index contributed by atoms with van der Waals surface area (Å²) in [6, 6.07) is 13.7. The molecule has 0 aliphatic rings. The summed E-state index contributed by atoms with van der Waals surface area (Å²) in [5, 5.41) is 32.1. The molecule has 11 heteroatoms. The lowest BCUT2D eigenvalue weighted by atomic mass is 10.0. The Hall–Kier alpha value is -3.28. The van der Waals surface area contributed by atoms with Crippen molar-refractivity contribution in [2.45, 2.75) is 62.7 Å². The van der Waals surface area contributed by atoms with Gasteiger partial charge in [-0.1, -0.05) is 18.2 Å². The Balaban J connectivity index is 1.92. The van der Waals surface area contributed by atoms with Gasteiger partial charge in [0.15, 0.2) is 9.84 Å². The van der Waals surface area contributed by atoms with Crippen LogP contribution in [-0.4, -0.2) is 57.3 Å². The third-order valence-electron chi connectivity index (χ3n) is 5.84. The zero-order valence-electron chi connectivity index (χ0n) is 20.7. The Morgan fingerprint density at radius 1 is 1.05 bits per heavy atom. The van der Waals surface area contributed by atoms with Crippen LogP contribution in [0.25, 0.3) is 11.3 Å². The summed E-state index contributed by atoms with van der Waals surface area (Å²) in [6.45, 7) is 3.81. The largest absolute Gasteiger partial charge is 0.481 e. The number of aliphatic hydroxyl groups excluding tert-OH is 2. The summed E-state index contributed by atoms with van der Waals surface area (Å²) in [7, 11) is -3.65. The minimum Gasteiger partial charge on any atom is -0.481 e. The van der Waals surface area contributed by atoms with E-state index in [0.29, 0.717) is 29.3 Å². The number of nitrogens with zero attached hydrogens (tertiary/aromatic N) is 2. The predicted octanol–water partition coefficient (Wildman–Crippen LogP) is 3.63. The number of nitrogens with one attached hydrogen (secondary N) is 1. The molecule has 0 saturated heterocycles. The number of aromatic nitrogens is 2. The highest BCUT2D eigenvalue weighted by atomic mass is 32.2. The fourth-order valence-corrected chi connectivity index (χ4v) is 5.17. The highest BCUT2D eigenvalue weighted by Gasteiger charge is 2.24. The number of benzene rings is 2. The number of rotatable bonds is 13. The molecule has 4 N–H and O–H groups in total. The number of hydrogen-bond donors (Lipinski definition) is 4. The van der Waals surface area contributed by atoms with Gasteiger partial charge in [-0.15, -0.1) is 0 Å². The van der Waals surface area contributed by atoms with E-state index >= 15 is 0 Å². The predicted molar refractivity (Wildman–Crippen MR) is 137 cm³/mol. The first-order valence-electron chi connectivity index (χ1n) is 11.9. The summed E-state index contributed by atoms with van der Waals surface area (Å²) in [5.41, 5.74) is 1.81. The smallest absolute Gasteiger partial charge is 0.305 e. The fourth-order valence-electron chi connectivity index (χ4n) is 4.12. The van der Waals surface area contributed by atoms with E-state index in [0.717, 1.165) is 0 Å². The fraction of sp³-hybridized carbons (Fsp3) is 0.385. The molecule has 2 unspecified atom stereocenters. The van der Waals surface area contributed by atoms with Crippen molar-refractivity contribution in [2.24, 2.45) is 0 Å². The molecule has 0 aliphatic carbocycles. The van der Waals surface area contributed by atoms with Gasteiger partial charge in [0, 0.05) is 17.3 Å². The normalized spacial score (nSPS) is 13.5. The Labute approximate surface area is 215 Å². The number of aliphatic hydroxyl groups is 2. The van der Waals surface area contributed by atoms with Crippen LogP contribution in [0, 0.1) is 5.82 Å². The summed E-state index contributed by atoms with van der Waals surface area (Å²) in [4.78, 5) is 15.6. The monoisotopic (exact) mass is 533 g/mol. The second-order valence-electron chi connectivity index (χ2n) is 9.13. The summed E-state index contributed by atoms with van der Waals surface area (Å²) < 4.78 is 41.1. The molecule has 0 saturated carbocycles. The zero-order chi connectivity index (χ0) is 27.2. The van der Waals surface area contributed by atoms with E-state index in [-0.39, 0.29) is 23.8 Å². The lowest BCUT2D eigenvalue weighted by molar-refractivity contribution is -0.139. The molecular formula is C26H32FN3O6S. The molecule has 2 aromatic carbocycles. The molecule has 1 aromatic heterocycles. The molecule has 0 fully saturated rings. The van der Waals surface area contributed by atoms with Crippen LogP contribution >= 0.6 is 0 Å². The number of carboxylic acids is 1. The van der Waals surface area contributed by atoms with Gasteiger partial charge in [-0.2, -0.15) is 0 Å². The minimum absolute atomic E-state index is 0.103. The topological polar surface area (TPSA) is 142 Å². The Morgan fingerprint density at radius 3 is 2.30 bits per heavy atom. The molecule has 0 spiro atoms. The lowest BCUT2D eigenvalue weighted by Crippen LogP contribution is -2.22. The van der Waals surface area contributed by atoms with Crippen molar-refractivity contribution >= 4 is 21.8 Å². The van der Waals surface area contributed by atoms with Gasteiger partial charge in [-0.25, -0.2) is 17.8 Å². The van der Waals surface area contributed by atoms with Gasteiger partial charge in [-0.05, 0) is 69.5 Å². The van der Waals surface area contributed by atoms with Gasteiger partial charge < -0.3 is 25.2 Å². The van der Waals surface area contributed by atoms with Crippen LogP contribution in [-0.2, 0) is 21.1 Å². The number of anilines is 1.